The molecule has 9 aromatic rings. The van der Waals surface area contributed by atoms with Crippen LogP contribution in [0.2, 0.25) is 0 Å². The largest absolute Gasteiger partial charge is 0.457 e. The second-order valence-corrected chi connectivity index (χ2v) is 18.4. The number of anilines is 3. The SMILES string of the molecule is CC1(C)c2ccccc2-c2ccc(N(c3cccc(-c4ccc5c(c4)C4(c6ccccc6O5)c5ccccc5C5C=CC=CC54)c3)c3ccc4ccccc4c3-c3ccccc3)cc21. The fourth-order valence-electron chi connectivity index (χ4n) is 12.0. The Hall–Kier alpha value is -7.68. The number of allylic oxidation sites excluding steroid dienone is 4. The van der Waals surface area contributed by atoms with Gasteiger partial charge in [-0.05, 0) is 109 Å². The molecule has 1 heterocycles. The van der Waals surface area contributed by atoms with Crippen LogP contribution in [0.3, 0.4) is 0 Å². The van der Waals surface area contributed by atoms with Crippen molar-refractivity contribution in [1.82, 2.24) is 0 Å². The number of para-hydroxylation sites is 1. The number of hydrogen-bond donors (Lipinski definition) is 0. The smallest absolute Gasteiger partial charge is 0.131 e. The summed E-state index contributed by atoms with van der Waals surface area (Å²) in [6.07, 6.45) is 9.29. The highest BCUT2D eigenvalue weighted by molar-refractivity contribution is 6.05. The van der Waals surface area contributed by atoms with Crippen LogP contribution in [0.4, 0.5) is 17.1 Å². The molecule has 3 atom stereocenters. The summed E-state index contributed by atoms with van der Waals surface area (Å²) in [6, 6.07) is 74.1. The van der Waals surface area contributed by atoms with Gasteiger partial charge in [-0.15, -0.1) is 0 Å². The number of nitrogens with zero attached hydrogens (tertiary/aromatic N) is 1. The Bertz CT molecular complexity index is 3430. The number of ether oxygens (including phenoxy) is 1. The third-order valence-electron chi connectivity index (χ3n) is 14.8. The molecule has 13 rings (SSSR count). The molecule has 0 bridgehead atoms. The van der Waals surface area contributed by atoms with Crippen LogP contribution < -0.4 is 9.64 Å². The van der Waals surface area contributed by atoms with Crippen molar-refractivity contribution in [3.8, 4) is 44.9 Å². The molecule has 4 aliphatic rings. The van der Waals surface area contributed by atoms with Crippen LogP contribution >= 0.6 is 0 Å². The molecule has 1 aliphatic heterocycles. The molecular formula is C62H45NO. The molecule has 0 fully saturated rings. The molecule has 1 spiro atoms. The van der Waals surface area contributed by atoms with Crippen LogP contribution in [0, 0.1) is 5.92 Å². The molecule has 3 unspecified atom stereocenters. The Morgan fingerprint density at radius 2 is 1.14 bits per heavy atom. The average molecular weight is 820 g/mol. The van der Waals surface area contributed by atoms with Crippen LogP contribution in [0.1, 0.15) is 53.1 Å². The standard InChI is InChI=1S/C62H45NO/c1-61(2)51-26-11-8-23-47(51)50-34-33-45(39-55(50)61)63(57-35-31-40-17-6-7-22-46(40)60(57)41-18-4-3-5-19-41)44-21-16-20-42(37-44)43-32-36-59-56(38-43)62(54-29-14-15-30-58(54)64-59)52-27-12-9-24-48(52)49-25-10-13-28-53(49)62/h3-39,48,52H,1-2H3. The second kappa shape index (κ2) is 13.9. The summed E-state index contributed by atoms with van der Waals surface area (Å²) >= 11 is 0. The van der Waals surface area contributed by atoms with Crippen molar-refractivity contribution in [2.45, 2.75) is 30.6 Å². The van der Waals surface area contributed by atoms with Gasteiger partial charge in [-0.3, -0.25) is 0 Å². The van der Waals surface area contributed by atoms with Crippen molar-refractivity contribution in [3.05, 3.63) is 258 Å². The van der Waals surface area contributed by atoms with Gasteiger partial charge in [-0.2, -0.15) is 0 Å². The van der Waals surface area contributed by atoms with Gasteiger partial charge < -0.3 is 9.64 Å². The Morgan fingerprint density at radius 1 is 0.453 bits per heavy atom. The highest BCUT2D eigenvalue weighted by Crippen LogP contribution is 2.65. The lowest BCUT2D eigenvalue weighted by Crippen LogP contribution is -2.37. The third kappa shape index (κ3) is 5.20. The molecule has 304 valence electrons. The summed E-state index contributed by atoms with van der Waals surface area (Å²) in [7, 11) is 0. The number of benzene rings is 9. The maximum Gasteiger partial charge on any atom is 0.131 e. The molecule has 0 aromatic heterocycles. The van der Waals surface area contributed by atoms with E-state index in [1.54, 1.807) is 0 Å². The van der Waals surface area contributed by atoms with E-state index in [4.69, 9.17) is 4.74 Å². The lowest BCUT2D eigenvalue weighted by Gasteiger charge is -2.43. The molecule has 64 heavy (non-hydrogen) atoms. The zero-order valence-corrected chi connectivity index (χ0v) is 35.9. The summed E-state index contributed by atoms with van der Waals surface area (Å²) in [5.74, 6) is 2.33. The first-order valence-corrected chi connectivity index (χ1v) is 22.6. The summed E-state index contributed by atoms with van der Waals surface area (Å²) in [6.45, 7) is 4.74. The van der Waals surface area contributed by atoms with E-state index in [1.165, 1.54) is 66.4 Å². The number of hydrogen-bond acceptors (Lipinski definition) is 2. The van der Waals surface area contributed by atoms with Gasteiger partial charge in [0, 0.05) is 45.3 Å². The zero-order valence-electron chi connectivity index (χ0n) is 35.9. The number of fused-ring (bicyclic) bond motifs is 13. The maximum atomic E-state index is 6.84. The van der Waals surface area contributed by atoms with Crippen LogP contribution in [0.5, 0.6) is 11.5 Å². The van der Waals surface area contributed by atoms with Gasteiger partial charge in [-0.25, -0.2) is 0 Å². The second-order valence-electron chi connectivity index (χ2n) is 18.4. The van der Waals surface area contributed by atoms with Crippen LogP contribution in [0.25, 0.3) is 44.2 Å². The summed E-state index contributed by atoms with van der Waals surface area (Å²) < 4.78 is 6.84. The van der Waals surface area contributed by atoms with Crippen molar-refractivity contribution < 1.29 is 4.74 Å². The van der Waals surface area contributed by atoms with Gasteiger partial charge in [0.2, 0.25) is 0 Å². The van der Waals surface area contributed by atoms with E-state index < -0.39 is 5.41 Å². The lowest BCUT2D eigenvalue weighted by atomic mass is 9.61. The maximum absolute atomic E-state index is 6.84. The lowest BCUT2D eigenvalue weighted by molar-refractivity contribution is 0.374. The minimum Gasteiger partial charge on any atom is -0.457 e. The van der Waals surface area contributed by atoms with Gasteiger partial charge >= 0.3 is 0 Å². The van der Waals surface area contributed by atoms with Gasteiger partial charge in [0.25, 0.3) is 0 Å². The van der Waals surface area contributed by atoms with E-state index in [2.05, 4.69) is 243 Å². The molecule has 0 radical (unpaired) electrons. The minimum absolute atomic E-state index is 0.151. The predicted molar refractivity (Wildman–Crippen MR) is 264 cm³/mol. The van der Waals surface area contributed by atoms with E-state index in [0.29, 0.717) is 0 Å². The molecule has 2 nitrogen and oxygen atoms in total. The van der Waals surface area contributed by atoms with Crippen molar-refractivity contribution in [2.24, 2.45) is 5.92 Å². The van der Waals surface area contributed by atoms with Gasteiger partial charge in [0.05, 0.1) is 11.1 Å². The average Bonchev–Trinajstić information content (AvgIpc) is 3.77. The Labute approximate surface area is 375 Å². The van der Waals surface area contributed by atoms with Crippen LogP contribution in [0.15, 0.2) is 224 Å². The summed E-state index contributed by atoms with van der Waals surface area (Å²) in [4.78, 5) is 2.49. The normalized spacial score (nSPS) is 19.0. The van der Waals surface area contributed by atoms with Crippen molar-refractivity contribution in [3.63, 3.8) is 0 Å². The Kier molecular flexibility index (Phi) is 8.03. The third-order valence-corrected chi connectivity index (χ3v) is 14.8. The Balaban J connectivity index is 1.03. The molecular weight excluding hydrogens is 775 g/mol. The summed E-state index contributed by atoms with van der Waals surface area (Å²) in [5.41, 5.74) is 18.0. The zero-order chi connectivity index (χ0) is 42.6. The van der Waals surface area contributed by atoms with Crippen molar-refractivity contribution in [2.75, 3.05) is 4.90 Å². The minimum atomic E-state index is -0.420. The van der Waals surface area contributed by atoms with Crippen LogP contribution in [-0.2, 0) is 10.8 Å². The fraction of sp³-hybridized carbons (Fsp3) is 0.0968. The molecule has 0 amide bonds. The van der Waals surface area contributed by atoms with E-state index in [9.17, 15) is 0 Å². The van der Waals surface area contributed by atoms with Gasteiger partial charge in [-0.1, -0.05) is 190 Å². The monoisotopic (exact) mass is 819 g/mol. The first-order chi connectivity index (χ1) is 31.5. The van der Waals surface area contributed by atoms with Crippen LogP contribution in [-0.4, -0.2) is 0 Å². The van der Waals surface area contributed by atoms with Gasteiger partial charge in [0.1, 0.15) is 11.5 Å². The molecule has 9 aromatic carbocycles. The molecule has 0 saturated heterocycles. The fourth-order valence-corrected chi connectivity index (χ4v) is 12.0. The number of rotatable bonds is 5. The highest BCUT2D eigenvalue weighted by Gasteiger charge is 2.56. The first-order valence-electron chi connectivity index (χ1n) is 22.6. The Morgan fingerprint density at radius 3 is 2.05 bits per heavy atom. The molecule has 2 heteroatoms. The first kappa shape index (κ1) is 36.9. The van der Waals surface area contributed by atoms with E-state index >= 15 is 0 Å². The van der Waals surface area contributed by atoms with Crippen molar-refractivity contribution in [1.29, 1.82) is 0 Å². The van der Waals surface area contributed by atoms with E-state index in [0.717, 1.165) is 39.7 Å². The quantitative estimate of drug-likeness (QED) is 0.171. The topological polar surface area (TPSA) is 12.5 Å². The van der Waals surface area contributed by atoms with Gasteiger partial charge in [0.15, 0.2) is 0 Å². The molecule has 0 N–H and O–H groups in total. The van der Waals surface area contributed by atoms with E-state index in [-0.39, 0.29) is 17.3 Å². The van der Waals surface area contributed by atoms with Crippen molar-refractivity contribution >= 4 is 27.8 Å². The molecule has 0 saturated carbocycles. The summed E-state index contributed by atoms with van der Waals surface area (Å²) in [5, 5.41) is 2.44. The molecule has 3 aliphatic carbocycles. The predicted octanol–water partition coefficient (Wildman–Crippen LogP) is 16.2. The van der Waals surface area contributed by atoms with E-state index in [1.807, 2.05) is 0 Å². The highest BCUT2D eigenvalue weighted by atomic mass is 16.5.